The van der Waals surface area contributed by atoms with Crippen molar-refractivity contribution in [3.8, 4) is 0 Å². The first kappa shape index (κ1) is 16.8. The summed E-state index contributed by atoms with van der Waals surface area (Å²) in [6, 6.07) is 0. The summed E-state index contributed by atoms with van der Waals surface area (Å²) in [5.74, 6) is 0.488. The van der Waals surface area contributed by atoms with Gasteiger partial charge >= 0.3 is 6.18 Å². The Hall–Kier alpha value is -1.55. The van der Waals surface area contributed by atoms with Gasteiger partial charge in [0.2, 0.25) is 0 Å². The second kappa shape index (κ2) is 6.69. The smallest absolute Gasteiger partial charge is 0.388 e. The van der Waals surface area contributed by atoms with Crippen LogP contribution in [0.4, 0.5) is 13.2 Å². The summed E-state index contributed by atoms with van der Waals surface area (Å²) in [5.41, 5.74) is -0.666. The predicted molar refractivity (Wildman–Crippen MR) is 74.0 cm³/mol. The van der Waals surface area contributed by atoms with Gasteiger partial charge in [0.25, 0.3) is 0 Å². The number of aryl methyl sites for hydroxylation is 1. The van der Waals surface area contributed by atoms with Crippen molar-refractivity contribution in [1.29, 1.82) is 0 Å². The predicted octanol–water partition coefficient (Wildman–Crippen LogP) is 2.22. The van der Waals surface area contributed by atoms with Gasteiger partial charge in [0.15, 0.2) is 11.0 Å². The zero-order valence-corrected chi connectivity index (χ0v) is 12.9. The van der Waals surface area contributed by atoms with E-state index in [1.807, 2.05) is 6.92 Å². The minimum Gasteiger partial charge on any atom is -0.388 e. The molecule has 0 aliphatic carbocycles. The maximum absolute atomic E-state index is 13.0. The van der Waals surface area contributed by atoms with Crippen LogP contribution in [-0.4, -0.2) is 29.7 Å². The highest BCUT2D eigenvalue weighted by molar-refractivity contribution is 7.98. The van der Waals surface area contributed by atoms with Gasteiger partial charge in [0, 0.05) is 24.9 Å². The quantitative estimate of drug-likeness (QED) is 0.820. The molecule has 2 rings (SSSR count). The molecule has 0 radical (unpaired) electrons. The molecule has 0 atom stereocenters. The van der Waals surface area contributed by atoms with E-state index in [1.165, 1.54) is 13.2 Å². The number of thioether (sulfide) groups is 1. The van der Waals surface area contributed by atoms with Gasteiger partial charge in [-0.15, -0.1) is 10.2 Å². The van der Waals surface area contributed by atoms with E-state index < -0.39 is 11.9 Å². The molecular formula is C12H16F3N5OS. The maximum atomic E-state index is 13.0. The van der Waals surface area contributed by atoms with Crippen LogP contribution in [0.3, 0.4) is 0 Å². The minimum atomic E-state index is -4.45. The summed E-state index contributed by atoms with van der Waals surface area (Å²) < 4.78 is 41.5. The summed E-state index contributed by atoms with van der Waals surface area (Å²) >= 11 is 1.14. The lowest BCUT2D eigenvalue weighted by molar-refractivity contribution is -0.144. The number of alkyl halides is 3. The highest BCUT2D eigenvalue weighted by atomic mass is 32.2. The normalized spacial score (nSPS) is 12.1. The number of aliphatic hydroxyl groups is 1. The third kappa shape index (κ3) is 3.43. The van der Waals surface area contributed by atoms with E-state index in [4.69, 9.17) is 0 Å². The molecule has 0 unspecified atom stereocenters. The Morgan fingerprint density at radius 2 is 2.05 bits per heavy atom. The fourth-order valence-corrected chi connectivity index (χ4v) is 3.03. The van der Waals surface area contributed by atoms with Crippen molar-refractivity contribution < 1.29 is 18.3 Å². The largest absolute Gasteiger partial charge is 0.433 e. The number of rotatable bonds is 6. The van der Waals surface area contributed by atoms with E-state index in [0.29, 0.717) is 17.5 Å². The van der Waals surface area contributed by atoms with Crippen molar-refractivity contribution in [2.45, 2.75) is 43.6 Å². The number of nitrogens with zero attached hydrogens (tertiary/aromatic N) is 5. The van der Waals surface area contributed by atoms with Crippen molar-refractivity contribution >= 4 is 11.8 Å². The SMILES string of the molecule is CCCn1c(CO)nnc1SCc1cnn(C)c1C(F)(F)F. The van der Waals surface area contributed by atoms with Crippen molar-refractivity contribution in [3.63, 3.8) is 0 Å². The van der Waals surface area contributed by atoms with Crippen molar-refractivity contribution in [2.75, 3.05) is 0 Å². The number of hydrogen-bond acceptors (Lipinski definition) is 5. The lowest BCUT2D eigenvalue weighted by atomic mass is 10.3. The van der Waals surface area contributed by atoms with Crippen LogP contribution in [0.15, 0.2) is 11.4 Å². The second-order valence-electron chi connectivity index (χ2n) is 4.64. The molecule has 1 N–H and O–H groups in total. The first-order valence-electron chi connectivity index (χ1n) is 6.62. The molecule has 2 aromatic rings. The molecule has 0 aliphatic heterocycles. The monoisotopic (exact) mass is 335 g/mol. The van der Waals surface area contributed by atoms with Crippen LogP contribution in [0, 0.1) is 0 Å². The molecule has 6 nitrogen and oxygen atoms in total. The van der Waals surface area contributed by atoms with Crippen LogP contribution >= 0.6 is 11.8 Å². The van der Waals surface area contributed by atoms with Crippen molar-refractivity contribution in [2.24, 2.45) is 7.05 Å². The van der Waals surface area contributed by atoms with Gasteiger partial charge in [-0.05, 0) is 6.42 Å². The molecule has 0 spiro atoms. The van der Waals surface area contributed by atoms with Crippen LogP contribution < -0.4 is 0 Å². The topological polar surface area (TPSA) is 68.8 Å². The van der Waals surface area contributed by atoms with Crippen molar-refractivity contribution in [3.05, 3.63) is 23.3 Å². The molecule has 0 aromatic carbocycles. The highest BCUT2D eigenvalue weighted by Gasteiger charge is 2.37. The standard InChI is InChI=1S/C12H16F3N5OS/c1-3-4-20-9(6-21)17-18-11(20)22-7-8-5-16-19(2)10(8)12(13,14)15/h5,21H,3-4,6-7H2,1-2H3. The van der Waals surface area contributed by atoms with Crippen LogP contribution in [0.5, 0.6) is 0 Å². The summed E-state index contributed by atoms with van der Waals surface area (Å²) in [6.45, 7) is 2.30. The lowest BCUT2D eigenvalue weighted by Crippen LogP contribution is -2.14. The minimum absolute atomic E-state index is 0.0793. The highest BCUT2D eigenvalue weighted by Crippen LogP contribution is 2.34. The molecule has 0 saturated heterocycles. The summed E-state index contributed by atoms with van der Waals surface area (Å²) in [5, 5.41) is 21.1. The summed E-state index contributed by atoms with van der Waals surface area (Å²) in [4.78, 5) is 0. The molecule has 2 aromatic heterocycles. The van der Waals surface area contributed by atoms with Gasteiger partial charge in [0.1, 0.15) is 12.3 Å². The molecule has 0 bridgehead atoms. The molecule has 122 valence electrons. The summed E-state index contributed by atoms with van der Waals surface area (Å²) in [6.07, 6.45) is -2.43. The van der Waals surface area contributed by atoms with E-state index in [9.17, 15) is 18.3 Å². The van der Waals surface area contributed by atoms with Gasteiger partial charge < -0.3 is 9.67 Å². The maximum Gasteiger partial charge on any atom is 0.433 e. The van der Waals surface area contributed by atoms with E-state index >= 15 is 0 Å². The zero-order chi connectivity index (χ0) is 16.3. The number of hydrogen-bond donors (Lipinski definition) is 1. The molecule has 0 saturated carbocycles. The summed E-state index contributed by atoms with van der Waals surface area (Å²) in [7, 11) is 1.26. The Morgan fingerprint density at radius 1 is 1.32 bits per heavy atom. The molecule has 0 amide bonds. The van der Waals surface area contributed by atoms with Gasteiger partial charge in [-0.1, -0.05) is 18.7 Å². The third-order valence-electron chi connectivity index (χ3n) is 3.02. The fraction of sp³-hybridized carbons (Fsp3) is 0.583. The van der Waals surface area contributed by atoms with Crippen LogP contribution in [-0.2, 0) is 32.1 Å². The van der Waals surface area contributed by atoms with E-state index in [-0.39, 0.29) is 17.9 Å². The molecule has 10 heteroatoms. The zero-order valence-electron chi connectivity index (χ0n) is 12.1. The Morgan fingerprint density at radius 3 is 2.64 bits per heavy atom. The van der Waals surface area contributed by atoms with Crippen LogP contribution in [0.2, 0.25) is 0 Å². The number of halogens is 3. The van der Waals surface area contributed by atoms with Crippen molar-refractivity contribution in [1.82, 2.24) is 24.5 Å². The van der Waals surface area contributed by atoms with E-state index in [2.05, 4.69) is 15.3 Å². The Balaban J connectivity index is 2.19. The fourth-order valence-electron chi connectivity index (χ4n) is 2.09. The number of aliphatic hydroxyl groups excluding tert-OH is 1. The molecule has 2 heterocycles. The average molecular weight is 335 g/mol. The van der Waals surface area contributed by atoms with Crippen LogP contribution in [0.1, 0.15) is 30.4 Å². The Kier molecular flexibility index (Phi) is 5.12. The van der Waals surface area contributed by atoms with Gasteiger partial charge in [-0.2, -0.15) is 18.3 Å². The van der Waals surface area contributed by atoms with Gasteiger partial charge in [-0.3, -0.25) is 4.68 Å². The Labute approximate surface area is 129 Å². The molecule has 0 aliphatic rings. The third-order valence-corrected chi connectivity index (χ3v) is 4.04. The van der Waals surface area contributed by atoms with Gasteiger partial charge in [-0.25, -0.2) is 0 Å². The van der Waals surface area contributed by atoms with E-state index in [1.54, 1.807) is 4.57 Å². The lowest BCUT2D eigenvalue weighted by Gasteiger charge is -2.10. The average Bonchev–Trinajstić information content (AvgIpc) is 3.00. The first-order valence-corrected chi connectivity index (χ1v) is 7.60. The van der Waals surface area contributed by atoms with E-state index in [0.717, 1.165) is 22.9 Å². The number of aromatic nitrogens is 5. The Bertz CT molecular complexity index is 637. The molecule has 22 heavy (non-hydrogen) atoms. The second-order valence-corrected chi connectivity index (χ2v) is 5.58. The van der Waals surface area contributed by atoms with Crippen LogP contribution in [0.25, 0.3) is 0 Å². The molecular weight excluding hydrogens is 319 g/mol. The molecule has 0 fully saturated rings. The van der Waals surface area contributed by atoms with Gasteiger partial charge in [0.05, 0.1) is 6.20 Å². The first-order chi connectivity index (χ1) is 10.4.